The number of hydrogen-bond acceptors (Lipinski definition) is 2. The lowest BCUT2D eigenvalue weighted by Crippen LogP contribution is -2.29. The topological polar surface area (TPSA) is 29.9 Å². The van der Waals surface area contributed by atoms with Crippen LogP contribution in [0.25, 0.3) is 0 Å². The number of halogens is 1. The van der Waals surface area contributed by atoms with E-state index in [2.05, 4.69) is 58.8 Å². The molecule has 3 nitrogen and oxygen atoms in total. The van der Waals surface area contributed by atoms with Crippen LogP contribution in [0.2, 0.25) is 0 Å². The van der Waals surface area contributed by atoms with E-state index in [1.54, 1.807) is 0 Å². The van der Waals surface area contributed by atoms with Crippen LogP contribution in [-0.2, 0) is 19.9 Å². The van der Waals surface area contributed by atoms with Crippen LogP contribution in [-0.4, -0.2) is 22.9 Å². The molecule has 0 aliphatic heterocycles. The number of aromatic nitrogens is 2. The molecule has 1 N–H and O–H groups in total. The van der Waals surface area contributed by atoms with Crippen molar-refractivity contribution in [2.75, 3.05) is 13.1 Å². The third kappa shape index (κ3) is 3.60. The van der Waals surface area contributed by atoms with Crippen LogP contribution in [0.5, 0.6) is 0 Å². The van der Waals surface area contributed by atoms with Gasteiger partial charge in [0.1, 0.15) is 0 Å². The summed E-state index contributed by atoms with van der Waals surface area (Å²) in [5.74, 6) is 0.728. The fraction of sp³-hybridized carbons (Fsp3) is 0.800. The summed E-state index contributed by atoms with van der Waals surface area (Å²) in [5, 5.41) is 8.22. The second kappa shape index (κ2) is 5.96. The van der Waals surface area contributed by atoms with E-state index in [0.717, 1.165) is 31.8 Å². The Balaban J connectivity index is 1.99. The number of nitrogens with one attached hydrogen (secondary N) is 1. The Kier molecular flexibility index (Phi) is 4.72. The Morgan fingerprint density at radius 1 is 1.42 bits per heavy atom. The van der Waals surface area contributed by atoms with Gasteiger partial charge >= 0.3 is 0 Å². The van der Waals surface area contributed by atoms with Gasteiger partial charge in [0, 0.05) is 13.6 Å². The molecule has 1 aromatic rings. The number of aryl methyl sites for hydroxylation is 2. The Bertz CT molecular complexity index is 433. The zero-order valence-corrected chi connectivity index (χ0v) is 14.2. The standard InChI is InChI=1S/C15H26BrN3/c1-5-12-14(16)13(19(4)18-12)8-15(6-7-15)10-17-9-11(2)3/h11,17H,5-10H2,1-4H3. The van der Waals surface area contributed by atoms with E-state index in [4.69, 9.17) is 0 Å². The van der Waals surface area contributed by atoms with Crippen molar-refractivity contribution in [2.45, 2.75) is 46.5 Å². The van der Waals surface area contributed by atoms with Gasteiger partial charge in [-0.15, -0.1) is 0 Å². The van der Waals surface area contributed by atoms with Crippen LogP contribution >= 0.6 is 15.9 Å². The predicted octanol–water partition coefficient (Wildman–Crippen LogP) is 3.31. The van der Waals surface area contributed by atoms with E-state index in [-0.39, 0.29) is 0 Å². The van der Waals surface area contributed by atoms with Crippen LogP contribution in [0.15, 0.2) is 4.47 Å². The minimum Gasteiger partial charge on any atom is -0.316 e. The molecule has 2 rings (SSSR count). The SMILES string of the molecule is CCc1nn(C)c(CC2(CNCC(C)C)CC2)c1Br. The fourth-order valence-corrected chi connectivity index (χ4v) is 3.34. The molecule has 0 atom stereocenters. The zero-order chi connectivity index (χ0) is 14.0. The van der Waals surface area contributed by atoms with Gasteiger partial charge in [-0.1, -0.05) is 20.8 Å². The number of rotatable bonds is 7. The summed E-state index contributed by atoms with van der Waals surface area (Å²) < 4.78 is 3.29. The number of hydrogen-bond donors (Lipinski definition) is 1. The van der Waals surface area contributed by atoms with Gasteiger partial charge in [0.05, 0.1) is 15.9 Å². The van der Waals surface area contributed by atoms with Gasteiger partial charge in [0.15, 0.2) is 0 Å². The summed E-state index contributed by atoms with van der Waals surface area (Å²) in [5.41, 5.74) is 3.03. The van der Waals surface area contributed by atoms with Crippen molar-refractivity contribution in [1.82, 2.24) is 15.1 Å². The Labute approximate surface area is 125 Å². The van der Waals surface area contributed by atoms with E-state index in [9.17, 15) is 0 Å². The van der Waals surface area contributed by atoms with E-state index in [1.807, 2.05) is 0 Å². The summed E-state index contributed by atoms with van der Waals surface area (Å²) in [6.45, 7) is 8.95. The molecule has 4 heteroatoms. The molecular weight excluding hydrogens is 302 g/mol. The number of nitrogens with zero attached hydrogens (tertiary/aromatic N) is 2. The smallest absolute Gasteiger partial charge is 0.0766 e. The second-order valence-corrected chi connectivity index (χ2v) is 7.18. The molecule has 0 unspecified atom stereocenters. The lowest BCUT2D eigenvalue weighted by atomic mass is 9.99. The summed E-state index contributed by atoms with van der Waals surface area (Å²) in [6, 6.07) is 0. The van der Waals surface area contributed by atoms with Crippen molar-refractivity contribution in [3.05, 3.63) is 15.9 Å². The monoisotopic (exact) mass is 327 g/mol. The molecule has 0 spiro atoms. The maximum absolute atomic E-state index is 4.60. The molecule has 19 heavy (non-hydrogen) atoms. The van der Waals surface area contributed by atoms with E-state index in [1.165, 1.54) is 28.7 Å². The first-order valence-corrected chi connectivity index (χ1v) is 8.17. The minimum absolute atomic E-state index is 0.482. The highest BCUT2D eigenvalue weighted by molar-refractivity contribution is 9.10. The van der Waals surface area contributed by atoms with Crippen LogP contribution in [0.1, 0.15) is 45.0 Å². The lowest BCUT2D eigenvalue weighted by Gasteiger charge is -2.17. The highest BCUT2D eigenvalue weighted by Crippen LogP contribution is 2.48. The summed E-state index contributed by atoms with van der Waals surface area (Å²) in [6.07, 6.45) is 4.82. The molecule has 0 saturated heterocycles. The van der Waals surface area contributed by atoms with Crippen molar-refractivity contribution in [1.29, 1.82) is 0 Å². The van der Waals surface area contributed by atoms with Crippen molar-refractivity contribution in [2.24, 2.45) is 18.4 Å². The van der Waals surface area contributed by atoms with Crippen LogP contribution < -0.4 is 5.32 Å². The average molecular weight is 328 g/mol. The summed E-state index contributed by atoms with van der Waals surface area (Å²) in [4.78, 5) is 0. The normalized spacial score (nSPS) is 17.2. The molecule has 0 amide bonds. The van der Waals surface area contributed by atoms with Crippen molar-refractivity contribution in [3.8, 4) is 0 Å². The third-order valence-corrected chi connectivity index (χ3v) is 4.97. The van der Waals surface area contributed by atoms with Gasteiger partial charge in [-0.25, -0.2) is 0 Å². The highest BCUT2D eigenvalue weighted by Gasteiger charge is 2.43. The largest absolute Gasteiger partial charge is 0.316 e. The van der Waals surface area contributed by atoms with E-state index in [0.29, 0.717) is 5.41 Å². The molecule has 108 valence electrons. The van der Waals surface area contributed by atoms with Gasteiger partial charge in [0.2, 0.25) is 0 Å². The molecule has 1 aliphatic carbocycles. The Morgan fingerprint density at radius 3 is 2.58 bits per heavy atom. The van der Waals surface area contributed by atoms with Gasteiger partial charge in [-0.2, -0.15) is 5.10 Å². The van der Waals surface area contributed by atoms with E-state index < -0.39 is 0 Å². The Morgan fingerprint density at radius 2 is 2.11 bits per heavy atom. The average Bonchev–Trinajstić information content (AvgIpc) is 3.06. The first-order valence-electron chi connectivity index (χ1n) is 7.38. The van der Waals surface area contributed by atoms with Crippen molar-refractivity contribution >= 4 is 15.9 Å². The van der Waals surface area contributed by atoms with Crippen LogP contribution in [0.3, 0.4) is 0 Å². The van der Waals surface area contributed by atoms with Gasteiger partial charge < -0.3 is 5.32 Å². The predicted molar refractivity (Wildman–Crippen MR) is 83.4 cm³/mol. The summed E-state index contributed by atoms with van der Waals surface area (Å²) >= 11 is 3.73. The molecule has 0 radical (unpaired) electrons. The molecule has 0 aromatic carbocycles. The van der Waals surface area contributed by atoms with Gasteiger partial charge in [-0.05, 0) is 59.5 Å². The second-order valence-electron chi connectivity index (χ2n) is 6.39. The highest BCUT2D eigenvalue weighted by atomic mass is 79.9. The van der Waals surface area contributed by atoms with Crippen LogP contribution in [0, 0.1) is 11.3 Å². The van der Waals surface area contributed by atoms with Crippen molar-refractivity contribution < 1.29 is 0 Å². The fourth-order valence-electron chi connectivity index (χ4n) is 2.59. The van der Waals surface area contributed by atoms with Crippen LogP contribution in [0.4, 0.5) is 0 Å². The first-order chi connectivity index (χ1) is 8.97. The minimum atomic E-state index is 0.482. The molecule has 1 aromatic heterocycles. The molecule has 1 heterocycles. The quantitative estimate of drug-likeness (QED) is 0.832. The molecule has 1 fully saturated rings. The Hall–Kier alpha value is -0.350. The molecule has 1 saturated carbocycles. The zero-order valence-electron chi connectivity index (χ0n) is 12.6. The first kappa shape index (κ1) is 15.0. The summed E-state index contributed by atoms with van der Waals surface area (Å²) in [7, 11) is 2.07. The van der Waals surface area contributed by atoms with Gasteiger partial charge in [-0.3, -0.25) is 4.68 Å². The maximum Gasteiger partial charge on any atom is 0.0766 e. The molecule has 0 bridgehead atoms. The third-order valence-electron chi connectivity index (χ3n) is 4.06. The lowest BCUT2D eigenvalue weighted by molar-refractivity contribution is 0.422. The maximum atomic E-state index is 4.60. The van der Waals surface area contributed by atoms with Gasteiger partial charge in [0.25, 0.3) is 0 Å². The molecular formula is C15H26BrN3. The molecule has 1 aliphatic rings. The van der Waals surface area contributed by atoms with Crippen molar-refractivity contribution in [3.63, 3.8) is 0 Å². The van der Waals surface area contributed by atoms with E-state index >= 15 is 0 Å².